The van der Waals surface area contributed by atoms with Gasteiger partial charge in [-0.2, -0.15) is 3.71 Å². The number of aromatic nitrogens is 1. The predicted octanol–water partition coefficient (Wildman–Crippen LogP) is 2.19. The SMILES string of the molecule is Cc1ncsc1C(=O)Nc1ccc(N(S(C)(=O)=O)S(C)(=O)=O)c(Br)c1. The Balaban J connectivity index is 2.38. The molecule has 0 saturated heterocycles. The molecule has 0 saturated carbocycles. The average molecular weight is 468 g/mol. The fourth-order valence-corrected chi connectivity index (χ4v) is 6.53. The minimum atomic E-state index is -4.05. The topological polar surface area (TPSA) is 114 Å². The van der Waals surface area contributed by atoms with Gasteiger partial charge in [0.05, 0.1) is 29.4 Å². The van der Waals surface area contributed by atoms with E-state index in [1.54, 1.807) is 12.4 Å². The van der Waals surface area contributed by atoms with Crippen LogP contribution >= 0.6 is 27.3 Å². The van der Waals surface area contributed by atoms with E-state index in [9.17, 15) is 21.6 Å². The van der Waals surface area contributed by atoms with E-state index < -0.39 is 20.0 Å². The highest BCUT2D eigenvalue weighted by Gasteiger charge is 2.29. The molecule has 0 aliphatic carbocycles. The molecule has 0 fully saturated rings. The highest BCUT2D eigenvalue weighted by atomic mass is 79.9. The third-order valence-corrected chi connectivity index (χ3v) is 7.74. The van der Waals surface area contributed by atoms with Crippen LogP contribution in [0.1, 0.15) is 15.4 Å². The summed E-state index contributed by atoms with van der Waals surface area (Å²) < 4.78 is 47.9. The van der Waals surface area contributed by atoms with E-state index in [0.29, 0.717) is 20.0 Å². The van der Waals surface area contributed by atoms with Crippen LogP contribution in [0.2, 0.25) is 0 Å². The van der Waals surface area contributed by atoms with Gasteiger partial charge in [0, 0.05) is 10.2 Å². The van der Waals surface area contributed by atoms with Crippen molar-refractivity contribution in [2.45, 2.75) is 6.92 Å². The Bertz CT molecular complexity index is 999. The number of aryl methyl sites for hydroxylation is 1. The average Bonchev–Trinajstić information content (AvgIpc) is 2.85. The maximum atomic E-state index is 12.2. The number of thiazole rings is 1. The number of carbonyl (C=O) groups excluding carboxylic acids is 1. The molecule has 25 heavy (non-hydrogen) atoms. The third kappa shape index (κ3) is 4.57. The van der Waals surface area contributed by atoms with Gasteiger partial charge in [0.15, 0.2) is 0 Å². The Labute approximate surface area is 158 Å². The van der Waals surface area contributed by atoms with Gasteiger partial charge in [-0.15, -0.1) is 11.3 Å². The summed E-state index contributed by atoms with van der Waals surface area (Å²) in [5.74, 6) is -0.359. The fourth-order valence-electron chi connectivity index (χ4n) is 2.04. The standard InChI is InChI=1S/C13H14BrN3O5S3/c1-8-12(23-7-15-8)13(18)16-9-4-5-11(10(14)6-9)17(24(2,19)20)25(3,21)22/h4-7H,1-3H3,(H,16,18). The molecule has 8 nitrogen and oxygen atoms in total. The smallest absolute Gasteiger partial charge is 0.267 e. The van der Waals surface area contributed by atoms with Crippen LogP contribution in [-0.2, 0) is 20.0 Å². The minimum Gasteiger partial charge on any atom is -0.321 e. The molecule has 0 aliphatic rings. The number of nitrogens with one attached hydrogen (secondary N) is 1. The van der Waals surface area contributed by atoms with Crippen molar-refractivity contribution < 1.29 is 21.6 Å². The lowest BCUT2D eigenvalue weighted by atomic mass is 10.2. The maximum Gasteiger partial charge on any atom is 0.267 e. The number of amides is 1. The molecular formula is C13H14BrN3O5S3. The Hall–Kier alpha value is -1.50. The molecule has 136 valence electrons. The van der Waals surface area contributed by atoms with E-state index >= 15 is 0 Å². The second-order valence-corrected chi connectivity index (χ2v) is 10.7. The highest BCUT2D eigenvalue weighted by molar-refractivity contribution is 9.10. The van der Waals surface area contributed by atoms with Gasteiger partial charge in [-0.05, 0) is 41.1 Å². The van der Waals surface area contributed by atoms with E-state index in [-0.39, 0.29) is 16.1 Å². The first-order chi connectivity index (χ1) is 11.4. The monoisotopic (exact) mass is 467 g/mol. The van der Waals surface area contributed by atoms with Crippen LogP contribution in [0.5, 0.6) is 0 Å². The molecule has 2 rings (SSSR count). The molecule has 1 aromatic heterocycles. The zero-order valence-electron chi connectivity index (χ0n) is 13.3. The molecule has 1 N–H and O–H groups in total. The van der Waals surface area contributed by atoms with Gasteiger partial charge in [-0.3, -0.25) is 4.79 Å². The summed E-state index contributed by atoms with van der Waals surface area (Å²) >= 11 is 4.35. The Morgan fingerprint density at radius 2 is 1.80 bits per heavy atom. The summed E-state index contributed by atoms with van der Waals surface area (Å²) in [6.45, 7) is 1.71. The van der Waals surface area contributed by atoms with Crippen molar-refractivity contribution in [3.63, 3.8) is 0 Å². The highest BCUT2D eigenvalue weighted by Crippen LogP contribution is 2.32. The Morgan fingerprint density at radius 3 is 2.24 bits per heavy atom. The molecule has 0 atom stereocenters. The minimum absolute atomic E-state index is 0.0723. The third-order valence-electron chi connectivity index (χ3n) is 2.96. The number of rotatable bonds is 5. The summed E-state index contributed by atoms with van der Waals surface area (Å²) in [6.07, 6.45) is 1.59. The van der Waals surface area contributed by atoms with Gasteiger partial charge in [0.1, 0.15) is 4.88 Å². The lowest BCUT2D eigenvalue weighted by Crippen LogP contribution is -2.35. The second kappa shape index (κ2) is 7.02. The van der Waals surface area contributed by atoms with Crippen molar-refractivity contribution in [3.05, 3.63) is 38.8 Å². The second-order valence-electron chi connectivity index (χ2n) is 5.11. The van der Waals surface area contributed by atoms with Gasteiger partial charge in [-0.1, -0.05) is 0 Å². The number of hydrogen-bond acceptors (Lipinski definition) is 7. The van der Waals surface area contributed by atoms with Crippen molar-refractivity contribution >= 4 is 64.6 Å². The van der Waals surface area contributed by atoms with E-state index in [1.807, 2.05) is 0 Å². The Kier molecular flexibility index (Phi) is 5.56. The zero-order valence-corrected chi connectivity index (χ0v) is 17.4. The quantitative estimate of drug-likeness (QED) is 0.720. The van der Waals surface area contributed by atoms with Crippen molar-refractivity contribution in [2.24, 2.45) is 0 Å². The molecule has 0 bridgehead atoms. The molecule has 1 heterocycles. The molecule has 2 aromatic rings. The molecule has 0 aliphatic heterocycles. The van der Waals surface area contributed by atoms with Crippen molar-refractivity contribution in [3.8, 4) is 0 Å². The van der Waals surface area contributed by atoms with Crippen molar-refractivity contribution in [1.82, 2.24) is 4.98 Å². The van der Waals surface area contributed by atoms with E-state index in [1.165, 1.54) is 29.5 Å². The van der Waals surface area contributed by atoms with Gasteiger partial charge in [-0.25, -0.2) is 21.8 Å². The molecule has 0 spiro atoms. The lowest BCUT2D eigenvalue weighted by Gasteiger charge is -2.21. The van der Waals surface area contributed by atoms with E-state index in [0.717, 1.165) is 12.5 Å². The number of benzene rings is 1. The molecular weight excluding hydrogens is 454 g/mol. The lowest BCUT2D eigenvalue weighted by molar-refractivity contribution is 0.102. The first-order valence-electron chi connectivity index (χ1n) is 6.62. The number of anilines is 2. The van der Waals surface area contributed by atoms with Gasteiger partial charge in [0.25, 0.3) is 5.91 Å². The summed E-state index contributed by atoms with van der Waals surface area (Å²) in [4.78, 5) is 16.6. The van der Waals surface area contributed by atoms with E-state index in [4.69, 9.17) is 0 Å². The molecule has 0 radical (unpaired) electrons. The maximum absolute atomic E-state index is 12.2. The van der Waals surface area contributed by atoms with Gasteiger partial charge in [0.2, 0.25) is 20.0 Å². The van der Waals surface area contributed by atoms with Crippen LogP contribution in [0.4, 0.5) is 11.4 Å². The largest absolute Gasteiger partial charge is 0.321 e. The van der Waals surface area contributed by atoms with E-state index in [2.05, 4.69) is 26.2 Å². The number of carbonyl (C=O) groups is 1. The normalized spacial score (nSPS) is 12.0. The molecule has 12 heteroatoms. The first-order valence-corrected chi connectivity index (χ1v) is 12.0. The van der Waals surface area contributed by atoms with Crippen LogP contribution in [0, 0.1) is 6.92 Å². The summed E-state index contributed by atoms with van der Waals surface area (Å²) in [5.41, 5.74) is 2.45. The molecule has 1 aromatic carbocycles. The van der Waals surface area contributed by atoms with Gasteiger partial charge < -0.3 is 5.32 Å². The number of sulfonamides is 2. The van der Waals surface area contributed by atoms with Crippen LogP contribution in [0.25, 0.3) is 0 Å². The summed E-state index contributed by atoms with van der Waals surface area (Å²) in [7, 11) is -8.11. The van der Waals surface area contributed by atoms with Crippen LogP contribution in [0.15, 0.2) is 28.2 Å². The summed E-state index contributed by atoms with van der Waals surface area (Å²) in [6, 6.07) is 4.13. The number of hydrogen-bond donors (Lipinski definition) is 1. The van der Waals surface area contributed by atoms with Crippen LogP contribution in [-0.4, -0.2) is 40.2 Å². The van der Waals surface area contributed by atoms with Crippen LogP contribution in [0.3, 0.4) is 0 Å². The van der Waals surface area contributed by atoms with Crippen molar-refractivity contribution in [1.29, 1.82) is 0 Å². The summed E-state index contributed by atoms with van der Waals surface area (Å²) in [5, 5.41) is 2.65. The molecule has 1 amide bonds. The predicted molar refractivity (Wildman–Crippen MR) is 101 cm³/mol. The zero-order chi connectivity index (χ0) is 19.0. The first kappa shape index (κ1) is 19.8. The number of nitrogens with zero attached hydrogens (tertiary/aromatic N) is 2. The fraction of sp³-hybridized carbons (Fsp3) is 0.231. The molecule has 0 unspecified atom stereocenters. The van der Waals surface area contributed by atoms with Crippen LogP contribution < -0.4 is 9.03 Å². The van der Waals surface area contributed by atoms with Gasteiger partial charge >= 0.3 is 0 Å². The van der Waals surface area contributed by atoms with Crippen molar-refractivity contribution in [2.75, 3.05) is 21.5 Å². The Morgan fingerprint density at radius 1 is 1.20 bits per heavy atom. The number of halogens is 1.